The maximum atomic E-state index is 12.9. The largest absolute Gasteiger partial charge is 0.405 e. The third-order valence-corrected chi connectivity index (χ3v) is 7.26. The number of carbonyl (C=O) groups is 2. The summed E-state index contributed by atoms with van der Waals surface area (Å²) in [4.78, 5) is 44.3. The molecule has 0 radical (unpaired) electrons. The van der Waals surface area contributed by atoms with Gasteiger partial charge in [0.1, 0.15) is 33.4 Å². The van der Waals surface area contributed by atoms with Crippen molar-refractivity contribution in [1.82, 2.24) is 14.9 Å². The third-order valence-electron chi connectivity index (χ3n) is 6.13. The number of fused-ring (bicyclic) bond motifs is 1. The summed E-state index contributed by atoms with van der Waals surface area (Å²) in [5.41, 5.74) is 1.10. The second-order valence-corrected chi connectivity index (χ2v) is 10.0. The smallest absolute Gasteiger partial charge is 0.362 e. The van der Waals surface area contributed by atoms with E-state index in [4.69, 9.17) is 0 Å². The molecule has 0 saturated heterocycles. The van der Waals surface area contributed by atoms with Gasteiger partial charge in [0.25, 0.3) is 11.5 Å². The number of rotatable bonds is 8. The van der Waals surface area contributed by atoms with E-state index in [9.17, 15) is 32.8 Å². The van der Waals surface area contributed by atoms with E-state index < -0.39 is 29.8 Å². The Bertz CT molecular complexity index is 1670. The van der Waals surface area contributed by atoms with Crippen molar-refractivity contribution in [2.45, 2.75) is 32.5 Å². The number of nitrogens with zero attached hydrogens (tertiary/aromatic N) is 4. The number of alkyl halides is 3. The zero-order valence-electron chi connectivity index (χ0n) is 21.9. The van der Waals surface area contributed by atoms with Gasteiger partial charge in [-0.3, -0.25) is 19.0 Å². The molecule has 0 unspecified atom stereocenters. The standard InChI is InChI=1S/C27H26F3N7O3S/c1-2-37-25(40)20(41-26(37)18(13-31)24(39)33-16-27(28,29)30)14-32-21-10-5-11-22(34-21)35-23(38)15-36-12-6-8-17-7-3-4-9-19(17)36/h3-5,7,9-11,14H,2,6,8,12,15-16H2,1H3,(H,33,39)(H2,32,34,35,38)/b20-14+,26-18-. The number of pyridine rings is 1. The van der Waals surface area contributed by atoms with E-state index >= 15 is 0 Å². The Labute approximate surface area is 236 Å². The van der Waals surface area contributed by atoms with Crippen LogP contribution in [0.4, 0.5) is 30.5 Å². The predicted molar refractivity (Wildman–Crippen MR) is 150 cm³/mol. The molecule has 2 amide bonds. The lowest BCUT2D eigenvalue weighted by Gasteiger charge is -2.30. The van der Waals surface area contributed by atoms with Crippen molar-refractivity contribution >= 4 is 52.2 Å². The summed E-state index contributed by atoms with van der Waals surface area (Å²) in [6, 6.07) is 14.5. The lowest BCUT2D eigenvalue weighted by Crippen LogP contribution is -2.37. The molecule has 3 N–H and O–H groups in total. The van der Waals surface area contributed by atoms with Crippen LogP contribution in [0.2, 0.25) is 0 Å². The minimum atomic E-state index is -4.65. The van der Waals surface area contributed by atoms with E-state index in [1.165, 1.54) is 11.8 Å². The van der Waals surface area contributed by atoms with Gasteiger partial charge >= 0.3 is 6.18 Å². The molecular formula is C27H26F3N7O3S. The minimum absolute atomic E-state index is 0.0685. The summed E-state index contributed by atoms with van der Waals surface area (Å²) in [7, 11) is 0. The molecule has 1 aromatic carbocycles. The number of para-hydroxylation sites is 1. The van der Waals surface area contributed by atoms with E-state index in [1.807, 2.05) is 23.1 Å². The Balaban J connectivity index is 1.51. The molecule has 0 atom stereocenters. The van der Waals surface area contributed by atoms with Crippen LogP contribution in [0.3, 0.4) is 0 Å². The van der Waals surface area contributed by atoms with E-state index in [1.54, 1.807) is 36.5 Å². The average Bonchev–Trinajstić information content (AvgIpc) is 3.25. The van der Waals surface area contributed by atoms with Gasteiger partial charge in [-0.25, -0.2) is 4.98 Å². The summed E-state index contributed by atoms with van der Waals surface area (Å²) in [6.45, 7) is 1.00. The lowest BCUT2D eigenvalue weighted by molar-refractivity contribution is -0.135. The molecular weight excluding hydrogens is 559 g/mol. The number of hydrogen-bond acceptors (Lipinski definition) is 8. The fourth-order valence-electron chi connectivity index (χ4n) is 4.31. The summed E-state index contributed by atoms with van der Waals surface area (Å²) in [6.07, 6.45) is -1.41. The second-order valence-electron chi connectivity index (χ2n) is 9.00. The summed E-state index contributed by atoms with van der Waals surface area (Å²) in [5, 5.41) is 16.7. The van der Waals surface area contributed by atoms with E-state index in [2.05, 4.69) is 21.7 Å². The molecule has 14 heteroatoms. The first-order valence-electron chi connectivity index (χ1n) is 12.6. The van der Waals surface area contributed by atoms with Gasteiger partial charge in [-0.1, -0.05) is 24.3 Å². The quantitative estimate of drug-likeness (QED) is 0.368. The van der Waals surface area contributed by atoms with E-state index in [-0.39, 0.29) is 34.0 Å². The normalized spacial score (nSPS) is 14.1. The number of hydrogen-bond donors (Lipinski definition) is 3. The number of amides is 2. The van der Waals surface area contributed by atoms with Crippen LogP contribution in [-0.4, -0.2) is 47.2 Å². The molecule has 0 aliphatic carbocycles. The zero-order valence-corrected chi connectivity index (χ0v) is 22.7. The monoisotopic (exact) mass is 585 g/mol. The maximum absolute atomic E-state index is 12.9. The first-order valence-corrected chi connectivity index (χ1v) is 13.5. The van der Waals surface area contributed by atoms with Crippen LogP contribution in [0.15, 0.2) is 47.3 Å². The Morgan fingerprint density at radius 2 is 1.93 bits per heavy atom. The topological polar surface area (TPSA) is 132 Å². The van der Waals surface area contributed by atoms with Gasteiger partial charge in [0.05, 0.1) is 6.54 Å². The first-order chi connectivity index (χ1) is 19.6. The van der Waals surface area contributed by atoms with E-state index in [0.717, 1.165) is 41.0 Å². The molecule has 1 aliphatic heterocycles. The number of thiazole rings is 1. The predicted octanol–water partition coefficient (Wildman–Crippen LogP) is 1.92. The number of carbonyl (C=O) groups excluding carboxylic acids is 2. The highest BCUT2D eigenvalue weighted by Crippen LogP contribution is 2.26. The molecule has 3 aromatic rings. The molecule has 0 bridgehead atoms. The Hall–Kier alpha value is -4.64. The number of nitrogens with one attached hydrogen (secondary N) is 3. The van der Waals surface area contributed by atoms with Crippen LogP contribution < -0.4 is 35.6 Å². The van der Waals surface area contributed by atoms with Crippen molar-refractivity contribution in [2.75, 3.05) is 35.2 Å². The molecule has 0 spiro atoms. The van der Waals surface area contributed by atoms with Crippen molar-refractivity contribution in [2.24, 2.45) is 0 Å². The van der Waals surface area contributed by atoms with Crippen molar-refractivity contribution in [3.8, 4) is 6.07 Å². The Kier molecular flexibility index (Phi) is 9.08. The fraction of sp³-hybridized carbons (Fsp3) is 0.296. The summed E-state index contributed by atoms with van der Waals surface area (Å²) < 4.78 is 38.7. The highest BCUT2D eigenvalue weighted by molar-refractivity contribution is 7.07. The zero-order chi connectivity index (χ0) is 29.6. The molecule has 0 fully saturated rings. The number of aryl methyl sites for hydroxylation is 1. The van der Waals surface area contributed by atoms with E-state index in [0.29, 0.717) is 5.82 Å². The molecule has 2 aromatic heterocycles. The highest BCUT2D eigenvalue weighted by atomic mass is 32.1. The molecule has 4 rings (SSSR count). The van der Waals surface area contributed by atoms with Gasteiger partial charge in [0, 0.05) is 25.0 Å². The van der Waals surface area contributed by atoms with Gasteiger partial charge < -0.3 is 20.9 Å². The first kappa shape index (κ1) is 29.3. The molecule has 0 saturated carbocycles. The Morgan fingerprint density at radius 1 is 1.17 bits per heavy atom. The Morgan fingerprint density at radius 3 is 2.66 bits per heavy atom. The van der Waals surface area contributed by atoms with Crippen molar-refractivity contribution < 1.29 is 22.8 Å². The summed E-state index contributed by atoms with van der Waals surface area (Å²) in [5.74, 6) is -0.882. The fourth-order valence-corrected chi connectivity index (χ4v) is 5.40. The SMILES string of the molecule is CCn1c(=O)/c(=C\Nc2cccc(NC(=O)CN3CCCc4ccccc43)n2)s/c1=C(/C#N)C(=O)NCC(F)(F)F. The van der Waals surface area contributed by atoms with Crippen LogP contribution in [0.1, 0.15) is 18.9 Å². The summed E-state index contributed by atoms with van der Waals surface area (Å²) >= 11 is 0.781. The molecule has 10 nitrogen and oxygen atoms in total. The van der Waals surface area contributed by atoms with Crippen molar-refractivity contribution in [1.29, 1.82) is 5.26 Å². The van der Waals surface area contributed by atoms with Crippen molar-refractivity contribution in [3.63, 3.8) is 0 Å². The molecule has 41 heavy (non-hydrogen) atoms. The molecule has 3 heterocycles. The number of benzene rings is 1. The molecule has 214 valence electrons. The van der Waals surface area contributed by atoms with Gasteiger partial charge in [0.15, 0.2) is 5.57 Å². The van der Waals surface area contributed by atoms with Gasteiger partial charge in [-0.2, -0.15) is 18.4 Å². The minimum Gasteiger partial charge on any atom is -0.362 e. The van der Waals surface area contributed by atoms with Crippen LogP contribution in [-0.2, 0) is 22.6 Å². The number of halogens is 3. The third kappa shape index (κ3) is 7.31. The maximum Gasteiger partial charge on any atom is 0.405 e. The van der Waals surface area contributed by atoms with Crippen LogP contribution >= 0.6 is 11.3 Å². The van der Waals surface area contributed by atoms with Gasteiger partial charge in [-0.05, 0) is 43.5 Å². The van der Waals surface area contributed by atoms with Crippen LogP contribution in [0.5, 0.6) is 0 Å². The van der Waals surface area contributed by atoms with Crippen LogP contribution in [0.25, 0.3) is 11.8 Å². The average molecular weight is 586 g/mol. The van der Waals surface area contributed by atoms with Crippen molar-refractivity contribution in [3.05, 3.63) is 67.6 Å². The second kappa shape index (κ2) is 12.7. The number of anilines is 3. The number of aromatic nitrogens is 2. The van der Waals surface area contributed by atoms with Gasteiger partial charge in [0.2, 0.25) is 5.91 Å². The molecule has 1 aliphatic rings. The lowest BCUT2D eigenvalue weighted by atomic mass is 10.0. The van der Waals surface area contributed by atoms with Gasteiger partial charge in [-0.15, -0.1) is 11.3 Å². The van der Waals surface area contributed by atoms with Crippen LogP contribution in [0, 0.1) is 11.3 Å². The highest BCUT2D eigenvalue weighted by Gasteiger charge is 2.29. The number of nitriles is 1.